The molecule has 1 N–H and O–H groups in total. The van der Waals surface area contributed by atoms with Crippen LogP contribution < -0.4 is 15.1 Å². The highest BCUT2D eigenvalue weighted by Crippen LogP contribution is 2.22. The normalized spacial score (nSPS) is 14.6. The Morgan fingerprint density at radius 2 is 1.62 bits per heavy atom. The maximum Gasteiger partial charge on any atom is 0.244 e. The average Bonchev–Trinajstić information content (AvgIpc) is 2.69. The summed E-state index contributed by atoms with van der Waals surface area (Å²) < 4.78 is 0. The molecule has 6 heteroatoms. The van der Waals surface area contributed by atoms with Crippen molar-refractivity contribution in [3.8, 4) is 0 Å². The standard InChI is InChI=1S/C23H30N4O2/c1-17-5-6-20(15-18(17)2)24-23(29)16-27(19(3)28)22-9-7-21(8-10-22)26-13-11-25(4)12-14-26/h5-10,15H,11-14,16H2,1-4H3,(H,24,29). The van der Waals surface area contributed by atoms with Crippen LogP contribution in [0.1, 0.15) is 18.1 Å². The van der Waals surface area contributed by atoms with E-state index in [1.807, 2.05) is 56.3 Å². The van der Waals surface area contributed by atoms with Gasteiger partial charge in [0.25, 0.3) is 0 Å². The summed E-state index contributed by atoms with van der Waals surface area (Å²) in [6.45, 7) is 9.57. The zero-order chi connectivity index (χ0) is 21.0. The quantitative estimate of drug-likeness (QED) is 0.847. The number of nitrogens with one attached hydrogen (secondary N) is 1. The molecule has 0 unspecified atom stereocenters. The number of nitrogens with zero attached hydrogens (tertiary/aromatic N) is 3. The van der Waals surface area contributed by atoms with Crippen molar-refractivity contribution in [2.45, 2.75) is 20.8 Å². The maximum absolute atomic E-state index is 12.5. The number of anilines is 3. The highest BCUT2D eigenvalue weighted by molar-refractivity contribution is 6.01. The number of hydrogen-bond donors (Lipinski definition) is 1. The van der Waals surface area contributed by atoms with Gasteiger partial charge in [0.1, 0.15) is 6.54 Å². The van der Waals surface area contributed by atoms with Gasteiger partial charge in [-0.1, -0.05) is 6.07 Å². The fourth-order valence-corrected chi connectivity index (χ4v) is 3.46. The van der Waals surface area contributed by atoms with E-state index < -0.39 is 0 Å². The molecule has 0 saturated carbocycles. The number of amides is 2. The van der Waals surface area contributed by atoms with Gasteiger partial charge in [-0.25, -0.2) is 0 Å². The zero-order valence-electron chi connectivity index (χ0n) is 17.7. The van der Waals surface area contributed by atoms with Crippen LogP contribution in [0.15, 0.2) is 42.5 Å². The van der Waals surface area contributed by atoms with E-state index in [2.05, 4.69) is 22.2 Å². The molecule has 2 aromatic carbocycles. The Morgan fingerprint density at radius 1 is 0.966 bits per heavy atom. The summed E-state index contributed by atoms with van der Waals surface area (Å²) in [6, 6.07) is 13.7. The maximum atomic E-state index is 12.5. The van der Waals surface area contributed by atoms with Crippen molar-refractivity contribution in [1.29, 1.82) is 0 Å². The first-order valence-electron chi connectivity index (χ1n) is 10.0. The molecule has 1 heterocycles. The zero-order valence-corrected chi connectivity index (χ0v) is 17.7. The molecule has 1 aliphatic heterocycles. The van der Waals surface area contributed by atoms with Crippen LogP contribution in [0.2, 0.25) is 0 Å². The Balaban J connectivity index is 1.66. The largest absolute Gasteiger partial charge is 0.369 e. The lowest BCUT2D eigenvalue weighted by molar-refractivity contribution is -0.120. The molecule has 0 atom stereocenters. The first-order chi connectivity index (χ1) is 13.8. The van der Waals surface area contributed by atoms with Gasteiger partial charge in [-0.3, -0.25) is 9.59 Å². The summed E-state index contributed by atoms with van der Waals surface area (Å²) in [5.41, 5.74) is 4.90. The molecule has 2 aromatic rings. The molecule has 154 valence electrons. The molecule has 2 amide bonds. The van der Waals surface area contributed by atoms with Gasteiger partial charge in [-0.2, -0.15) is 0 Å². The van der Waals surface area contributed by atoms with Gasteiger partial charge in [0.15, 0.2) is 0 Å². The van der Waals surface area contributed by atoms with E-state index in [1.54, 1.807) is 0 Å². The van der Waals surface area contributed by atoms with Gasteiger partial charge in [0, 0.05) is 50.2 Å². The Kier molecular flexibility index (Phi) is 6.54. The van der Waals surface area contributed by atoms with Crippen molar-refractivity contribution in [3.63, 3.8) is 0 Å². The van der Waals surface area contributed by atoms with E-state index in [9.17, 15) is 9.59 Å². The number of rotatable bonds is 5. The van der Waals surface area contributed by atoms with Crippen molar-refractivity contribution < 1.29 is 9.59 Å². The third-order valence-electron chi connectivity index (χ3n) is 5.50. The van der Waals surface area contributed by atoms with Crippen LogP contribution in [0, 0.1) is 13.8 Å². The number of carbonyl (C=O) groups excluding carboxylic acids is 2. The van der Waals surface area contributed by atoms with Crippen molar-refractivity contribution in [2.75, 3.05) is 54.9 Å². The number of aryl methyl sites for hydroxylation is 2. The minimum Gasteiger partial charge on any atom is -0.369 e. The monoisotopic (exact) mass is 394 g/mol. The van der Waals surface area contributed by atoms with Crippen LogP contribution in [0.5, 0.6) is 0 Å². The molecule has 1 saturated heterocycles. The number of carbonyl (C=O) groups is 2. The molecule has 0 aromatic heterocycles. The summed E-state index contributed by atoms with van der Waals surface area (Å²) in [7, 11) is 2.13. The number of piperazine rings is 1. The van der Waals surface area contributed by atoms with E-state index in [1.165, 1.54) is 17.4 Å². The van der Waals surface area contributed by atoms with Crippen LogP contribution in [0.3, 0.4) is 0 Å². The minimum absolute atomic E-state index is 0.0177. The predicted octanol–water partition coefficient (Wildman–Crippen LogP) is 3.05. The lowest BCUT2D eigenvalue weighted by atomic mass is 10.1. The van der Waals surface area contributed by atoms with Gasteiger partial charge in [0.05, 0.1) is 0 Å². The smallest absolute Gasteiger partial charge is 0.244 e. The second-order valence-electron chi connectivity index (χ2n) is 7.76. The Labute approximate surface area is 173 Å². The SMILES string of the molecule is CC(=O)N(CC(=O)Nc1ccc(C)c(C)c1)c1ccc(N2CCN(C)CC2)cc1. The van der Waals surface area contributed by atoms with Gasteiger partial charge in [0.2, 0.25) is 11.8 Å². The van der Waals surface area contributed by atoms with Crippen molar-refractivity contribution >= 4 is 28.9 Å². The first-order valence-corrected chi connectivity index (χ1v) is 10.0. The minimum atomic E-state index is -0.216. The van der Waals surface area contributed by atoms with E-state index in [4.69, 9.17) is 0 Å². The Hall–Kier alpha value is -2.86. The summed E-state index contributed by atoms with van der Waals surface area (Å²) >= 11 is 0. The molecule has 0 bridgehead atoms. The van der Waals surface area contributed by atoms with Crippen molar-refractivity contribution in [2.24, 2.45) is 0 Å². The summed E-state index contributed by atoms with van der Waals surface area (Å²) in [4.78, 5) is 30.9. The molecule has 0 radical (unpaired) electrons. The molecule has 3 rings (SSSR count). The highest BCUT2D eigenvalue weighted by atomic mass is 16.2. The lowest BCUT2D eigenvalue weighted by Crippen LogP contribution is -2.44. The fraction of sp³-hybridized carbons (Fsp3) is 0.391. The predicted molar refractivity (Wildman–Crippen MR) is 119 cm³/mol. The number of hydrogen-bond acceptors (Lipinski definition) is 4. The molecule has 0 spiro atoms. The Bertz CT molecular complexity index is 871. The van der Waals surface area contributed by atoms with Gasteiger partial charge < -0.3 is 20.0 Å². The molecule has 1 fully saturated rings. The molecular formula is C23H30N4O2. The molecule has 1 aliphatic rings. The van der Waals surface area contributed by atoms with E-state index in [0.29, 0.717) is 0 Å². The summed E-state index contributed by atoms with van der Waals surface area (Å²) in [5, 5.41) is 2.89. The Morgan fingerprint density at radius 3 is 2.21 bits per heavy atom. The number of likely N-dealkylation sites (N-methyl/N-ethyl adjacent to an activating group) is 1. The summed E-state index contributed by atoms with van der Waals surface area (Å²) in [6.07, 6.45) is 0. The lowest BCUT2D eigenvalue weighted by Gasteiger charge is -2.34. The molecule has 6 nitrogen and oxygen atoms in total. The van der Waals surface area contributed by atoms with Crippen molar-refractivity contribution in [1.82, 2.24) is 4.90 Å². The molecule has 29 heavy (non-hydrogen) atoms. The second-order valence-corrected chi connectivity index (χ2v) is 7.76. The molecule has 0 aliphatic carbocycles. The van der Waals surface area contributed by atoms with E-state index in [0.717, 1.165) is 48.8 Å². The summed E-state index contributed by atoms with van der Waals surface area (Å²) in [5.74, 6) is -0.376. The second kappa shape index (κ2) is 9.09. The average molecular weight is 395 g/mol. The van der Waals surface area contributed by atoms with Crippen LogP contribution in [0.4, 0.5) is 17.1 Å². The van der Waals surface area contributed by atoms with Crippen LogP contribution in [-0.4, -0.2) is 56.5 Å². The topological polar surface area (TPSA) is 55.9 Å². The van der Waals surface area contributed by atoms with E-state index >= 15 is 0 Å². The first kappa shape index (κ1) is 20.9. The fourth-order valence-electron chi connectivity index (χ4n) is 3.46. The van der Waals surface area contributed by atoms with Gasteiger partial charge >= 0.3 is 0 Å². The van der Waals surface area contributed by atoms with Gasteiger partial charge in [-0.05, 0) is 68.4 Å². The van der Waals surface area contributed by atoms with Crippen LogP contribution >= 0.6 is 0 Å². The number of benzene rings is 2. The van der Waals surface area contributed by atoms with Crippen molar-refractivity contribution in [3.05, 3.63) is 53.6 Å². The third-order valence-corrected chi connectivity index (χ3v) is 5.50. The third kappa shape index (κ3) is 5.35. The van der Waals surface area contributed by atoms with E-state index in [-0.39, 0.29) is 18.4 Å². The highest BCUT2D eigenvalue weighted by Gasteiger charge is 2.18. The van der Waals surface area contributed by atoms with Crippen LogP contribution in [-0.2, 0) is 9.59 Å². The molecular weight excluding hydrogens is 364 g/mol. The van der Waals surface area contributed by atoms with Crippen LogP contribution in [0.25, 0.3) is 0 Å². The van der Waals surface area contributed by atoms with Gasteiger partial charge in [-0.15, -0.1) is 0 Å².